The molecule has 0 unspecified atom stereocenters. The number of anilines is 1. The van der Waals surface area contributed by atoms with Crippen molar-refractivity contribution in [2.45, 2.75) is 10.1 Å². The monoisotopic (exact) mass is 303 g/mol. The van der Waals surface area contributed by atoms with E-state index in [1.54, 1.807) is 36.4 Å². The van der Waals surface area contributed by atoms with Gasteiger partial charge in [0.1, 0.15) is 15.9 Å². The van der Waals surface area contributed by atoms with E-state index in [0.717, 1.165) is 32.3 Å². The molecule has 4 nitrogen and oxygen atoms in total. The SMILES string of the molecule is COc1ccc2cc(CSc3nccs3)c(N)nc2c1. The number of thiazole rings is 1. The molecule has 0 bridgehead atoms. The van der Waals surface area contributed by atoms with Gasteiger partial charge in [-0.15, -0.1) is 11.3 Å². The standard InChI is InChI=1S/C14H13N3OS2/c1-18-11-3-2-9-6-10(13(15)17-12(9)7-11)8-20-14-16-4-5-19-14/h2-7H,8H2,1H3,(H2,15,17). The van der Waals surface area contributed by atoms with Crippen LogP contribution >= 0.6 is 23.1 Å². The predicted molar refractivity (Wildman–Crippen MR) is 84.4 cm³/mol. The van der Waals surface area contributed by atoms with Crippen LogP contribution in [0.15, 0.2) is 40.2 Å². The van der Waals surface area contributed by atoms with Crippen LogP contribution in [-0.2, 0) is 5.75 Å². The summed E-state index contributed by atoms with van der Waals surface area (Å²) in [6, 6.07) is 7.90. The van der Waals surface area contributed by atoms with Crippen molar-refractivity contribution in [2.24, 2.45) is 0 Å². The predicted octanol–water partition coefficient (Wildman–Crippen LogP) is 3.57. The zero-order valence-electron chi connectivity index (χ0n) is 10.9. The number of methoxy groups -OCH3 is 1. The molecule has 0 atom stereocenters. The lowest BCUT2D eigenvalue weighted by molar-refractivity contribution is 0.415. The molecule has 102 valence electrons. The molecule has 0 fully saturated rings. The maximum Gasteiger partial charge on any atom is 0.150 e. The Bertz CT molecular complexity index is 729. The van der Waals surface area contributed by atoms with E-state index in [0.29, 0.717) is 5.82 Å². The number of nitrogens with two attached hydrogens (primary N) is 1. The summed E-state index contributed by atoms with van der Waals surface area (Å²) in [7, 11) is 1.64. The van der Waals surface area contributed by atoms with Gasteiger partial charge in [0.15, 0.2) is 0 Å². The summed E-state index contributed by atoms with van der Waals surface area (Å²) in [5.41, 5.74) is 7.92. The number of rotatable bonds is 4. The Labute approximate surface area is 125 Å². The minimum absolute atomic E-state index is 0.565. The molecule has 6 heteroatoms. The number of ether oxygens (including phenoxy) is 1. The molecule has 1 aromatic carbocycles. The van der Waals surface area contributed by atoms with E-state index in [1.165, 1.54) is 0 Å². The van der Waals surface area contributed by atoms with Crippen molar-refractivity contribution < 1.29 is 4.74 Å². The van der Waals surface area contributed by atoms with Gasteiger partial charge in [0, 0.05) is 34.3 Å². The van der Waals surface area contributed by atoms with E-state index >= 15 is 0 Å². The average Bonchev–Trinajstić information content (AvgIpc) is 2.97. The molecule has 2 N–H and O–H groups in total. The van der Waals surface area contributed by atoms with Crippen molar-refractivity contribution in [3.05, 3.63) is 41.4 Å². The fraction of sp³-hybridized carbons (Fsp3) is 0.143. The minimum atomic E-state index is 0.565. The highest BCUT2D eigenvalue weighted by Crippen LogP contribution is 2.29. The van der Waals surface area contributed by atoms with Crippen molar-refractivity contribution in [2.75, 3.05) is 12.8 Å². The molecular weight excluding hydrogens is 290 g/mol. The van der Waals surface area contributed by atoms with Crippen molar-refractivity contribution in [1.82, 2.24) is 9.97 Å². The largest absolute Gasteiger partial charge is 0.497 e. The number of hydrogen-bond acceptors (Lipinski definition) is 6. The van der Waals surface area contributed by atoms with Crippen LogP contribution in [0.2, 0.25) is 0 Å². The smallest absolute Gasteiger partial charge is 0.150 e. The van der Waals surface area contributed by atoms with E-state index in [-0.39, 0.29) is 0 Å². The van der Waals surface area contributed by atoms with Gasteiger partial charge in [-0.2, -0.15) is 0 Å². The molecule has 0 aliphatic rings. The third-order valence-electron chi connectivity index (χ3n) is 2.90. The number of nitrogens with zero attached hydrogens (tertiary/aromatic N) is 2. The summed E-state index contributed by atoms with van der Waals surface area (Å²) in [5.74, 6) is 2.12. The van der Waals surface area contributed by atoms with Crippen molar-refractivity contribution >= 4 is 39.8 Å². The Kier molecular flexibility index (Phi) is 3.75. The molecule has 0 saturated carbocycles. The van der Waals surface area contributed by atoms with Gasteiger partial charge in [0.2, 0.25) is 0 Å². The maximum absolute atomic E-state index is 6.04. The fourth-order valence-electron chi connectivity index (χ4n) is 1.87. The van der Waals surface area contributed by atoms with Crippen LogP contribution in [0.1, 0.15) is 5.56 Å². The topological polar surface area (TPSA) is 61.0 Å². The van der Waals surface area contributed by atoms with Gasteiger partial charge in [0.05, 0.1) is 12.6 Å². The highest BCUT2D eigenvalue weighted by atomic mass is 32.2. The van der Waals surface area contributed by atoms with Crippen LogP contribution in [0.25, 0.3) is 10.9 Å². The third kappa shape index (κ3) is 2.71. The quantitative estimate of drug-likeness (QED) is 0.747. The first-order chi connectivity index (χ1) is 9.76. The molecule has 0 spiro atoms. The highest BCUT2D eigenvalue weighted by Gasteiger charge is 2.07. The Morgan fingerprint density at radius 2 is 2.25 bits per heavy atom. The Morgan fingerprint density at radius 1 is 1.35 bits per heavy atom. The van der Waals surface area contributed by atoms with Gasteiger partial charge < -0.3 is 10.5 Å². The van der Waals surface area contributed by atoms with Crippen LogP contribution in [0.4, 0.5) is 5.82 Å². The zero-order valence-corrected chi connectivity index (χ0v) is 12.5. The second-order valence-corrected chi connectivity index (χ2v) is 6.30. The van der Waals surface area contributed by atoms with Crippen LogP contribution in [0.3, 0.4) is 0 Å². The van der Waals surface area contributed by atoms with E-state index in [2.05, 4.69) is 16.0 Å². The second-order valence-electron chi connectivity index (χ2n) is 4.18. The zero-order chi connectivity index (χ0) is 13.9. The number of hydrogen-bond donors (Lipinski definition) is 1. The number of nitrogen functional groups attached to an aromatic ring is 1. The molecule has 0 amide bonds. The molecule has 0 aliphatic carbocycles. The third-order valence-corrected chi connectivity index (χ3v) is 4.91. The fourth-order valence-corrected chi connectivity index (χ4v) is 3.49. The van der Waals surface area contributed by atoms with Crippen LogP contribution in [0, 0.1) is 0 Å². The minimum Gasteiger partial charge on any atom is -0.497 e. The number of thioether (sulfide) groups is 1. The molecular formula is C14H13N3OS2. The van der Waals surface area contributed by atoms with Gasteiger partial charge in [0.25, 0.3) is 0 Å². The van der Waals surface area contributed by atoms with Gasteiger partial charge in [-0.25, -0.2) is 9.97 Å². The molecule has 3 rings (SSSR count). The molecule has 3 aromatic rings. The number of aromatic nitrogens is 2. The lowest BCUT2D eigenvalue weighted by Crippen LogP contribution is -1.97. The Balaban J connectivity index is 1.89. The second kappa shape index (κ2) is 5.68. The van der Waals surface area contributed by atoms with Gasteiger partial charge in [-0.1, -0.05) is 11.8 Å². The molecule has 2 aromatic heterocycles. The summed E-state index contributed by atoms with van der Waals surface area (Å²) >= 11 is 3.30. The van der Waals surface area contributed by atoms with Crippen molar-refractivity contribution in [3.8, 4) is 5.75 Å². The van der Waals surface area contributed by atoms with Gasteiger partial charge >= 0.3 is 0 Å². The van der Waals surface area contributed by atoms with E-state index in [1.807, 2.05) is 23.6 Å². The number of fused-ring (bicyclic) bond motifs is 1. The molecule has 2 heterocycles. The summed E-state index contributed by atoms with van der Waals surface area (Å²) in [5, 5.41) is 3.03. The van der Waals surface area contributed by atoms with E-state index in [9.17, 15) is 0 Å². The lowest BCUT2D eigenvalue weighted by atomic mass is 10.1. The Hall–Kier alpha value is -1.79. The lowest BCUT2D eigenvalue weighted by Gasteiger charge is -2.07. The highest BCUT2D eigenvalue weighted by molar-refractivity contribution is 8.00. The van der Waals surface area contributed by atoms with E-state index in [4.69, 9.17) is 10.5 Å². The van der Waals surface area contributed by atoms with Crippen molar-refractivity contribution in [1.29, 1.82) is 0 Å². The molecule has 0 saturated heterocycles. The summed E-state index contributed by atoms with van der Waals surface area (Å²) in [6.45, 7) is 0. The van der Waals surface area contributed by atoms with Crippen LogP contribution in [0.5, 0.6) is 5.75 Å². The molecule has 0 radical (unpaired) electrons. The first-order valence-corrected chi connectivity index (χ1v) is 7.88. The van der Waals surface area contributed by atoms with Crippen LogP contribution < -0.4 is 10.5 Å². The molecule has 20 heavy (non-hydrogen) atoms. The average molecular weight is 303 g/mol. The van der Waals surface area contributed by atoms with Crippen molar-refractivity contribution in [3.63, 3.8) is 0 Å². The van der Waals surface area contributed by atoms with Gasteiger partial charge in [-0.3, -0.25) is 0 Å². The normalized spacial score (nSPS) is 10.8. The molecule has 0 aliphatic heterocycles. The first kappa shape index (κ1) is 13.2. The number of pyridine rings is 1. The summed E-state index contributed by atoms with van der Waals surface area (Å²) < 4.78 is 6.24. The van der Waals surface area contributed by atoms with E-state index < -0.39 is 0 Å². The first-order valence-electron chi connectivity index (χ1n) is 6.01. The summed E-state index contributed by atoms with van der Waals surface area (Å²) in [6.07, 6.45) is 1.81. The maximum atomic E-state index is 6.04. The number of benzene rings is 1. The van der Waals surface area contributed by atoms with Gasteiger partial charge in [-0.05, 0) is 18.2 Å². The van der Waals surface area contributed by atoms with Crippen LogP contribution in [-0.4, -0.2) is 17.1 Å². The Morgan fingerprint density at radius 3 is 3.00 bits per heavy atom. The summed E-state index contributed by atoms with van der Waals surface area (Å²) in [4.78, 5) is 8.70.